The zero-order valence-corrected chi connectivity index (χ0v) is 12.4. The van der Waals surface area contributed by atoms with Gasteiger partial charge in [-0.1, -0.05) is 6.07 Å². The number of quaternary nitrogens is 1. The number of likely N-dealkylation sites (tertiary alicyclic amines) is 1. The van der Waals surface area contributed by atoms with E-state index in [1.807, 2.05) is 24.3 Å². The number of hydrogen-bond acceptors (Lipinski definition) is 3. The number of piperidine rings is 1. The van der Waals surface area contributed by atoms with E-state index in [0.717, 1.165) is 24.7 Å². The van der Waals surface area contributed by atoms with Crippen molar-refractivity contribution in [1.82, 2.24) is 0 Å². The summed E-state index contributed by atoms with van der Waals surface area (Å²) in [6.45, 7) is 5.80. The largest absolute Gasteiger partial charge is 0.497 e. The van der Waals surface area contributed by atoms with E-state index < -0.39 is 0 Å². The highest BCUT2D eigenvalue weighted by Crippen LogP contribution is 2.18. The smallest absolute Gasteiger partial charge is 0.123 e. The molecule has 1 heterocycles. The fraction of sp³-hybridized carbons (Fsp3) is 0.625. The molecule has 0 aliphatic carbocycles. The van der Waals surface area contributed by atoms with Crippen LogP contribution in [0.5, 0.6) is 11.5 Å². The van der Waals surface area contributed by atoms with Crippen LogP contribution in [0.25, 0.3) is 0 Å². The van der Waals surface area contributed by atoms with E-state index in [1.54, 1.807) is 12.0 Å². The number of nitrogens with one attached hydrogen (secondary N) is 1. The Morgan fingerprint density at radius 3 is 2.60 bits per heavy atom. The first kappa shape index (κ1) is 15.1. The highest BCUT2D eigenvalue weighted by Gasteiger charge is 2.12. The Morgan fingerprint density at radius 2 is 1.80 bits per heavy atom. The van der Waals surface area contributed by atoms with E-state index >= 15 is 0 Å². The van der Waals surface area contributed by atoms with Crippen molar-refractivity contribution in [2.24, 2.45) is 0 Å². The maximum atomic E-state index is 5.64. The number of benzene rings is 1. The van der Waals surface area contributed by atoms with E-state index in [4.69, 9.17) is 14.2 Å². The fourth-order valence-corrected chi connectivity index (χ4v) is 2.53. The summed E-state index contributed by atoms with van der Waals surface area (Å²) in [6, 6.07) is 7.65. The number of methoxy groups -OCH3 is 1. The van der Waals surface area contributed by atoms with Gasteiger partial charge in [-0.2, -0.15) is 0 Å². The minimum absolute atomic E-state index is 0.586. The first-order chi connectivity index (χ1) is 9.88. The average molecular weight is 280 g/mol. The molecule has 20 heavy (non-hydrogen) atoms. The topological polar surface area (TPSA) is 32.1 Å². The highest BCUT2D eigenvalue weighted by molar-refractivity contribution is 5.32. The number of rotatable bonds is 8. The van der Waals surface area contributed by atoms with Crippen molar-refractivity contribution in [1.29, 1.82) is 0 Å². The van der Waals surface area contributed by atoms with Crippen molar-refractivity contribution < 1.29 is 19.1 Å². The molecular formula is C16H26NO3+. The average Bonchev–Trinajstić information content (AvgIpc) is 2.52. The van der Waals surface area contributed by atoms with Crippen LogP contribution < -0.4 is 14.4 Å². The summed E-state index contributed by atoms with van der Waals surface area (Å²) in [5.41, 5.74) is 0. The van der Waals surface area contributed by atoms with Gasteiger partial charge in [0.2, 0.25) is 0 Å². The Morgan fingerprint density at radius 1 is 1.00 bits per heavy atom. The molecule has 2 rings (SSSR count). The molecule has 1 saturated heterocycles. The van der Waals surface area contributed by atoms with Crippen molar-refractivity contribution in [2.75, 3.05) is 46.6 Å². The summed E-state index contributed by atoms with van der Waals surface area (Å²) in [7, 11) is 1.66. The zero-order chi connectivity index (χ0) is 14.0. The van der Waals surface area contributed by atoms with Gasteiger partial charge < -0.3 is 19.1 Å². The molecule has 4 nitrogen and oxygen atoms in total. The van der Waals surface area contributed by atoms with Crippen LogP contribution in [-0.2, 0) is 4.74 Å². The lowest BCUT2D eigenvalue weighted by Gasteiger charge is -2.23. The molecule has 1 aliphatic rings. The van der Waals surface area contributed by atoms with Crippen LogP contribution >= 0.6 is 0 Å². The van der Waals surface area contributed by atoms with E-state index in [2.05, 4.69) is 0 Å². The van der Waals surface area contributed by atoms with Gasteiger partial charge in [-0.3, -0.25) is 0 Å². The molecule has 0 spiro atoms. The third-order valence-electron chi connectivity index (χ3n) is 3.70. The van der Waals surface area contributed by atoms with Gasteiger partial charge in [0, 0.05) is 6.07 Å². The van der Waals surface area contributed by atoms with Crippen LogP contribution in [0.4, 0.5) is 0 Å². The lowest BCUT2D eigenvalue weighted by molar-refractivity contribution is -0.905. The van der Waals surface area contributed by atoms with Crippen LogP contribution in [0.1, 0.15) is 19.3 Å². The second-order valence-corrected chi connectivity index (χ2v) is 5.20. The number of ether oxygens (including phenoxy) is 3. The van der Waals surface area contributed by atoms with Crippen LogP contribution in [0.3, 0.4) is 0 Å². The molecular weight excluding hydrogens is 254 g/mol. The zero-order valence-electron chi connectivity index (χ0n) is 12.4. The van der Waals surface area contributed by atoms with Gasteiger partial charge in [0.25, 0.3) is 0 Å². The van der Waals surface area contributed by atoms with Gasteiger partial charge in [-0.15, -0.1) is 0 Å². The molecule has 112 valence electrons. The summed E-state index contributed by atoms with van der Waals surface area (Å²) in [4.78, 5) is 1.69. The second-order valence-electron chi connectivity index (χ2n) is 5.20. The third kappa shape index (κ3) is 5.39. The highest BCUT2D eigenvalue weighted by atomic mass is 16.5. The lowest BCUT2D eigenvalue weighted by atomic mass is 10.1. The standard InChI is InChI=1S/C16H25NO3/c1-18-15-6-5-7-16(14-15)20-13-12-19-11-10-17-8-3-2-4-9-17/h5-7,14H,2-4,8-13H2,1H3/p+1. The Kier molecular flexibility index (Phi) is 6.68. The van der Waals surface area contributed by atoms with E-state index in [1.165, 1.54) is 32.4 Å². The van der Waals surface area contributed by atoms with Crippen molar-refractivity contribution in [3.05, 3.63) is 24.3 Å². The summed E-state index contributed by atoms with van der Waals surface area (Å²) >= 11 is 0. The molecule has 0 unspecified atom stereocenters. The summed E-state index contributed by atoms with van der Waals surface area (Å²) in [5, 5.41) is 0. The molecule has 1 N–H and O–H groups in total. The first-order valence-corrected chi connectivity index (χ1v) is 7.56. The Labute approximate surface area is 121 Å². The number of hydrogen-bond donors (Lipinski definition) is 1. The summed E-state index contributed by atoms with van der Waals surface area (Å²) in [6.07, 6.45) is 4.14. The van der Waals surface area contributed by atoms with Crippen LogP contribution in [0.2, 0.25) is 0 Å². The minimum atomic E-state index is 0.586. The molecule has 0 saturated carbocycles. The molecule has 1 aromatic rings. The van der Waals surface area contributed by atoms with Crippen molar-refractivity contribution in [3.63, 3.8) is 0 Å². The molecule has 1 aromatic carbocycles. The predicted octanol–water partition coefficient (Wildman–Crippen LogP) is 1.16. The van der Waals surface area contributed by atoms with Gasteiger partial charge in [-0.25, -0.2) is 0 Å². The predicted molar refractivity (Wildman–Crippen MR) is 78.7 cm³/mol. The maximum Gasteiger partial charge on any atom is 0.123 e. The normalized spacial score (nSPS) is 16.1. The van der Waals surface area contributed by atoms with E-state index in [9.17, 15) is 0 Å². The molecule has 0 radical (unpaired) electrons. The first-order valence-electron chi connectivity index (χ1n) is 7.56. The lowest BCUT2D eigenvalue weighted by Crippen LogP contribution is -3.13. The van der Waals surface area contributed by atoms with Crippen LogP contribution in [-0.4, -0.2) is 46.6 Å². The van der Waals surface area contributed by atoms with Crippen molar-refractivity contribution in [3.8, 4) is 11.5 Å². The molecule has 0 amide bonds. The monoisotopic (exact) mass is 280 g/mol. The minimum Gasteiger partial charge on any atom is -0.497 e. The van der Waals surface area contributed by atoms with Gasteiger partial charge >= 0.3 is 0 Å². The quantitative estimate of drug-likeness (QED) is 0.725. The SMILES string of the molecule is COc1cccc(OCCOCC[NH+]2CCCCC2)c1. The van der Waals surface area contributed by atoms with Gasteiger partial charge in [-0.05, 0) is 31.4 Å². The summed E-state index contributed by atoms with van der Waals surface area (Å²) in [5.74, 6) is 1.65. The second kappa shape index (κ2) is 8.82. The molecule has 1 fully saturated rings. The van der Waals surface area contributed by atoms with Gasteiger partial charge in [0.1, 0.15) is 24.7 Å². The molecule has 1 aliphatic heterocycles. The van der Waals surface area contributed by atoms with Crippen molar-refractivity contribution in [2.45, 2.75) is 19.3 Å². The molecule has 0 aromatic heterocycles. The van der Waals surface area contributed by atoms with Crippen molar-refractivity contribution >= 4 is 0 Å². The Balaban J connectivity index is 1.52. The molecule has 0 bridgehead atoms. The Hall–Kier alpha value is -1.26. The summed E-state index contributed by atoms with van der Waals surface area (Å²) < 4.78 is 16.4. The van der Waals surface area contributed by atoms with Crippen LogP contribution in [0.15, 0.2) is 24.3 Å². The molecule has 0 atom stereocenters. The van der Waals surface area contributed by atoms with Gasteiger partial charge in [0.05, 0.1) is 33.4 Å². The van der Waals surface area contributed by atoms with E-state index in [0.29, 0.717) is 13.2 Å². The Bertz CT molecular complexity index is 378. The van der Waals surface area contributed by atoms with Crippen LogP contribution in [0, 0.1) is 0 Å². The van der Waals surface area contributed by atoms with Gasteiger partial charge in [0.15, 0.2) is 0 Å². The maximum absolute atomic E-state index is 5.64. The van der Waals surface area contributed by atoms with E-state index in [-0.39, 0.29) is 0 Å². The fourth-order valence-electron chi connectivity index (χ4n) is 2.53. The molecule has 4 heteroatoms. The third-order valence-corrected chi connectivity index (χ3v) is 3.70.